The molecular formula is C26H25N3O2. The Morgan fingerprint density at radius 3 is 2.19 bits per heavy atom. The maximum Gasteiger partial charge on any atom is 0.197 e. The van der Waals surface area contributed by atoms with Crippen LogP contribution in [-0.4, -0.2) is 22.7 Å². The molecule has 5 rings (SSSR count). The summed E-state index contributed by atoms with van der Waals surface area (Å²) in [6, 6.07) is 17.3. The van der Waals surface area contributed by atoms with Crippen molar-refractivity contribution < 1.29 is 0 Å². The van der Waals surface area contributed by atoms with Crippen molar-refractivity contribution in [3.8, 4) is 0 Å². The van der Waals surface area contributed by atoms with Crippen LogP contribution in [0.3, 0.4) is 0 Å². The summed E-state index contributed by atoms with van der Waals surface area (Å²) in [5.41, 5.74) is 4.25. The first-order valence-corrected chi connectivity index (χ1v) is 10.9. The van der Waals surface area contributed by atoms with Crippen LogP contribution in [0.15, 0.2) is 64.2 Å². The Morgan fingerprint density at radius 1 is 0.742 bits per heavy atom. The van der Waals surface area contributed by atoms with Gasteiger partial charge in [-0.05, 0) is 62.2 Å². The van der Waals surface area contributed by atoms with Crippen LogP contribution in [0.5, 0.6) is 0 Å². The van der Waals surface area contributed by atoms with Crippen molar-refractivity contribution in [2.24, 2.45) is 0 Å². The summed E-state index contributed by atoms with van der Waals surface area (Å²) in [5, 5.41) is 4.73. The molecule has 0 saturated carbocycles. The number of nitrogens with one attached hydrogen (secondary N) is 1. The van der Waals surface area contributed by atoms with Gasteiger partial charge in [0.2, 0.25) is 0 Å². The van der Waals surface area contributed by atoms with Gasteiger partial charge in [-0.3, -0.25) is 14.3 Å². The van der Waals surface area contributed by atoms with E-state index in [-0.39, 0.29) is 10.9 Å². The second-order valence-corrected chi connectivity index (χ2v) is 7.90. The van der Waals surface area contributed by atoms with Gasteiger partial charge in [0, 0.05) is 29.2 Å². The maximum atomic E-state index is 13.4. The van der Waals surface area contributed by atoms with Gasteiger partial charge in [-0.15, -0.1) is 0 Å². The Hall–Kier alpha value is -3.60. The number of fused-ring (bicyclic) bond motifs is 4. The molecule has 0 unspecified atom stereocenters. The molecule has 2 heterocycles. The fourth-order valence-electron chi connectivity index (χ4n) is 4.58. The molecule has 0 radical (unpaired) electrons. The van der Waals surface area contributed by atoms with E-state index >= 15 is 0 Å². The van der Waals surface area contributed by atoms with Gasteiger partial charge in [-0.2, -0.15) is 0 Å². The number of benzene rings is 3. The highest BCUT2D eigenvalue weighted by Gasteiger charge is 2.16. The summed E-state index contributed by atoms with van der Waals surface area (Å²) in [5.74, 6) is 0. The van der Waals surface area contributed by atoms with E-state index in [1.807, 2.05) is 54.6 Å². The zero-order valence-electron chi connectivity index (χ0n) is 18.0. The van der Waals surface area contributed by atoms with Crippen LogP contribution in [0.1, 0.15) is 26.3 Å². The average Bonchev–Trinajstić information content (AvgIpc) is 2.81. The average molecular weight is 412 g/mol. The largest absolute Gasteiger partial charge is 0.354 e. The zero-order valence-corrected chi connectivity index (χ0v) is 18.0. The van der Waals surface area contributed by atoms with Crippen molar-refractivity contribution in [2.75, 3.05) is 18.1 Å². The predicted molar refractivity (Wildman–Crippen MR) is 130 cm³/mol. The van der Waals surface area contributed by atoms with Gasteiger partial charge >= 0.3 is 0 Å². The molecule has 0 bridgehead atoms. The van der Waals surface area contributed by atoms with E-state index in [4.69, 9.17) is 0 Å². The van der Waals surface area contributed by atoms with E-state index in [0.717, 1.165) is 41.6 Å². The number of pyridine rings is 2. The SMILES string of the molecule is CCc1ccc2c(=O)c3cc4c(cc3[nH]c2c1)c(=O)c1ccccc1n4N(CC)CC. The number of para-hydroxylation sites is 1. The van der Waals surface area contributed by atoms with Crippen LogP contribution in [0.4, 0.5) is 0 Å². The Bertz CT molecular complexity index is 1590. The molecule has 0 atom stereocenters. The predicted octanol–water partition coefficient (Wildman–Crippen LogP) is 4.69. The number of H-pyrrole nitrogens is 1. The number of hydrogen-bond acceptors (Lipinski definition) is 3. The summed E-state index contributed by atoms with van der Waals surface area (Å²) < 4.78 is 2.09. The molecular weight excluding hydrogens is 386 g/mol. The molecule has 0 aliphatic carbocycles. The number of hydrogen-bond donors (Lipinski definition) is 1. The molecule has 0 spiro atoms. The Kier molecular flexibility index (Phi) is 4.54. The number of aromatic nitrogens is 2. The third kappa shape index (κ3) is 2.84. The van der Waals surface area contributed by atoms with Crippen molar-refractivity contribution in [3.63, 3.8) is 0 Å². The number of aromatic amines is 1. The minimum absolute atomic E-state index is 0.0139. The second kappa shape index (κ2) is 7.27. The lowest BCUT2D eigenvalue weighted by atomic mass is 10.0. The summed E-state index contributed by atoms with van der Waals surface area (Å²) >= 11 is 0. The fourth-order valence-corrected chi connectivity index (χ4v) is 4.58. The molecule has 5 heteroatoms. The fraction of sp³-hybridized carbons (Fsp3) is 0.231. The molecule has 2 aromatic heterocycles. The third-order valence-corrected chi connectivity index (χ3v) is 6.25. The molecule has 5 aromatic rings. The molecule has 3 aromatic carbocycles. The highest BCUT2D eigenvalue weighted by Crippen LogP contribution is 2.25. The highest BCUT2D eigenvalue weighted by atomic mass is 16.1. The first-order valence-electron chi connectivity index (χ1n) is 10.9. The Labute approximate surface area is 179 Å². The van der Waals surface area contributed by atoms with Crippen LogP contribution in [0, 0.1) is 0 Å². The van der Waals surface area contributed by atoms with Gasteiger partial charge in [0.1, 0.15) is 0 Å². The lowest BCUT2D eigenvalue weighted by Crippen LogP contribution is -2.35. The van der Waals surface area contributed by atoms with Crippen molar-refractivity contribution in [3.05, 3.63) is 80.6 Å². The Morgan fingerprint density at radius 2 is 1.45 bits per heavy atom. The topological polar surface area (TPSA) is 58.1 Å². The minimum atomic E-state index is -0.0147. The van der Waals surface area contributed by atoms with Crippen molar-refractivity contribution in [2.45, 2.75) is 27.2 Å². The van der Waals surface area contributed by atoms with Crippen molar-refractivity contribution in [1.82, 2.24) is 9.66 Å². The number of nitrogens with zero attached hydrogens (tertiary/aromatic N) is 2. The summed E-state index contributed by atoms with van der Waals surface area (Å²) in [7, 11) is 0. The van der Waals surface area contributed by atoms with Gasteiger partial charge in [0.05, 0.1) is 27.5 Å². The molecule has 0 amide bonds. The molecule has 0 aliphatic rings. The molecule has 156 valence electrons. The molecule has 0 aliphatic heterocycles. The monoisotopic (exact) mass is 411 g/mol. The molecule has 0 fully saturated rings. The van der Waals surface area contributed by atoms with Gasteiger partial charge in [-0.25, -0.2) is 0 Å². The normalized spacial score (nSPS) is 11.7. The Balaban J connectivity index is 2.00. The van der Waals surface area contributed by atoms with Gasteiger partial charge in [0.25, 0.3) is 0 Å². The molecule has 31 heavy (non-hydrogen) atoms. The lowest BCUT2D eigenvalue weighted by molar-refractivity contribution is 0.654. The standard InChI is InChI=1S/C26H25N3O2/c1-4-16-11-12-17-21(13-16)27-22-14-20-24(15-19(22)25(17)30)29(28(5-2)6-3)23-10-8-7-9-18(23)26(20)31/h7-15H,4-6H2,1-3H3,(H,27,30). The first kappa shape index (κ1) is 19.4. The molecule has 1 N–H and O–H groups in total. The van der Waals surface area contributed by atoms with Crippen LogP contribution in [0.2, 0.25) is 0 Å². The smallest absolute Gasteiger partial charge is 0.197 e. The van der Waals surface area contributed by atoms with Crippen molar-refractivity contribution >= 4 is 43.6 Å². The second-order valence-electron chi connectivity index (χ2n) is 7.90. The van der Waals surface area contributed by atoms with Crippen LogP contribution >= 0.6 is 0 Å². The highest BCUT2D eigenvalue weighted by molar-refractivity contribution is 6.03. The van der Waals surface area contributed by atoms with E-state index in [1.54, 1.807) is 0 Å². The maximum absolute atomic E-state index is 13.4. The van der Waals surface area contributed by atoms with Gasteiger partial charge < -0.3 is 9.99 Å². The van der Waals surface area contributed by atoms with Crippen LogP contribution < -0.4 is 15.9 Å². The quantitative estimate of drug-likeness (QED) is 0.437. The van der Waals surface area contributed by atoms with E-state index in [2.05, 4.69) is 35.4 Å². The van der Waals surface area contributed by atoms with E-state index in [1.165, 1.54) is 0 Å². The van der Waals surface area contributed by atoms with Gasteiger partial charge in [0.15, 0.2) is 10.9 Å². The van der Waals surface area contributed by atoms with Crippen molar-refractivity contribution in [1.29, 1.82) is 0 Å². The zero-order chi connectivity index (χ0) is 21.7. The van der Waals surface area contributed by atoms with Crippen LogP contribution in [-0.2, 0) is 6.42 Å². The molecule has 0 saturated heterocycles. The summed E-state index contributed by atoms with van der Waals surface area (Å²) in [6.07, 6.45) is 0.897. The number of rotatable bonds is 4. The first-order chi connectivity index (χ1) is 15.1. The molecule has 5 nitrogen and oxygen atoms in total. The lowest BCUT2D eigenvalue weighted by Gasteiger charge is -2.28. The van der Waals surface area contributed by atoms with E-state index < -0.39 is 0 Å². The minimum Gasteiger partial charge on any atom is -0.354 e. The summed E-state index contributed by atoms with van der Waals surface area (Å²) in [4.78, 5) is 30.2. The van der Waals surface area contributed by atoms with E-state index in [0.29, 0.717) is 27.1 Å². The number of aryl methyl sites for hydroxylation is 1. The van der Waals surface area contributed by atoms with E-state index in [9.17, 15) is 9.59 Å². The van der Waals surface area contributed by atoms with Gasteiger partial charge in [-0.1, -0.05) is 25.1 Å². The van der Waals surface area contributed by atoms with Crippen LogP contribution in [0.25, 0.3) is 43.6 Å². The summed E-state index contributed by atoms with van der Waals surface area (Å²) in [6.45, 7) is 7.84. The third-order valence-electron chi connectivity index (χ3n) is 6.25.